The third-order valence-corrected chi connectivity index (χ3v) is 4.35. The Balaban J connectivity index is 1.64. The van der Waals surface area contributed by atoms with E-state index in [4.69, 9.17) is 0 Å². The highest BCUT2D eigenvalue weighted by Crippen LogP contribution is 2.33. The van der Waals surface area contributed by atoms with Crippen LogP contribution >= 0.6 is 0 Å². The molecule has 1 aliphatic heterocycles. The molecule has 0 atom stereocenters. The maximum atomic E-state index is 4.66. The fraction of sp³-hybridized carbons (Fsp3) is 0.211. The van der Waals surface area contributed by atoms with Gasteiger partial charge in [-0.1, -0.05) is 30.3 Å². The van der Waals surface area contributed by atoms with E-state index in [0.29, 0.717) is 5.95 Å². The zero-order chi connectivity index (χ0) is 16.5. The van der Waals surface area contributed by atoms with E-state index in [9.17, 15) is 0 Å². The number of hydrogen-bond acceptors (Lipinski definition) is 5. The molecule has 0 radical (unpaired) electrons. The highest BCUT2D eigenvalue weighted by Gasteiger charge is 2.21. The summed E-state index contributed by atoms with van der Waals surface area (Å²) in [6.07, 6.45) is 2.75. The second-order valence-electron chi connectivity index (χ2n) is 6.11. The first kappa shape index (κ1) is 14.6. The molecular formula is C19H19N5. The lowest BCUT2D eigenvalue weighted by Gasteiger charge is -2.18. The van der Waals surface area contributed by atoms with Gasteiger partial charge in [0.25, 0.3) is 0 Å². The van der Waals surface area contributed by atoms with Gasteiger partial charge in [-0.3, -0.25) is 0 Å². The summed E-state index contributed by atoms with van der Waals surface area (Å²) in [4.78, 5) is 6.85. The highest BCUT2D eigenvalue weighted by atomic mass is 15.3. The van der Waals surface area contributed by atoms with Crippen molar-refractivity contribution in [1.29, 1.82) is 0 Å². The Morgan fingerprint density at radius 1 is 1.08 bits per heavy atom. The van der Waals surface area contributed by atoms with Crippen LogP contribution < -0.4 is 10.2 Å². The van der Waals surface area contributed by atoms with Gasteiger partial charge in [-0.15, -0.1) is 5.10 Å². The molecule has 0 spiro atoms. The minimum absolute atomic E-state index is 0.519. The number of fused-ring (bicyclic) bond motifs is 1. The SMILES string of the molecule is Cc1ccc(C)c(Nc2nncc(N3CCc4ccccc43)n2)c1. The van der Waals surface area contributed by atoms with Gasteiger partial charge < -0.3 is 10.2 Å². The average Bonchev–Trinajstić information content (AvgIpc) is 3.03. The first-order valence-electron chi connectivity index (χ1n) is 8.10. The molecule has 120 valence electrons. The van der Waals surface area contributed by atoms with Crippen LogP contribution in [0.5, 0.6) is 0 Å². The summed E-state index contributed by atoms with van der Waals surface area (Å²) in [6.45, 7) is 5.05. The van der Waals surface area contributed by atoms with E-state index in [2.05, 4.69) is 81.7 Å². The van der Waals surface area contributed by atoms with Gasteiger partial charge in [-0.2, -0.15) is 10.1 Å². The number of nitrogens with one attached hydrogen (secondary N) is 1. The van der Waals surface area contributed by atoms with Crippen LogP contribution in [0.1, 0.15) is 16.7 Å². The number of anilines is 4. The third kappa shape index (κ3) is 2.69. The molecule has 5 heteroatoms. The van der Waals surface area contributed by atoms with Crippen molar-refractivity contribution in [2.24, 2.45) is 0 Å². The lowest BCUT2D eigenvalue weighted by Crippen LogP contribution is -2.16. The third-order valence-electron chi connectivity index (χ3n) is 4.35. The summed E-state index contributed by atoms with van der Waals surface area (Å²) >= 11 is 0. The number of para-hydroxylation sites is 1. The van der Waals surface area contributed by atoms with Crippen LogP contribution in [0.25, 0.3) is 0 Å². The predicted molar refractivity (Wildman–Crippen MR) is 96.2 cm³/mol. The molecule has 1 aliphatic rings. The Kier molecular flexibility index (Phi) is 3.61. The Bertz CT molecular complexity index is 890. The molecule has 0 fully saturated rings. The standard InChI is InChI=1S/C19H19N5/c1-13-7-8-14(2)16(11-13)21-19-22-18(12-20-23-19)24-10-9-15-5-3-4-6-17(15)24/h3-8,11-12H,9-10H2,1-2H3,(H,21,22,23). The van der Waals surface area contributed by atoms with Crippen molar-refractivity contribution in [3.63, 3.8) is 0 Å². The van der Waals surface area contributed by atoms with E-state index >= 15 is 0 Å². The zero-order valence-electron chi connectivity index (χ0n) is 13.8. The molecule has 24 heavy (non-hydrogen) atoms. The molecule has 2 heterocycles. The van der Waals surface area contributed by atoms with Gasteiger partial charge in [0.1, 0.15) is 0 Å². The van der Waals surface area contributed by atoms with Crippen LogP contribution in [0.3, 0.4) is 0 Å². The molecule has 0 saturated heterocycles. The molecule has 0 aliphatic carbocycles. The zero-order valence-corrected chi connectivity index (χ0v) is 13.8. The second kappa shape index (κ2) is 5.92. The van der Waals surface area contributed by atoms with Crippen LogP contribution in [0.4, 0.5) is 23.1 Å². The molecule has 2 aromatic carbocycles. The summed E-state index contributed by atoms with van der Waals surface area (Å²) in [7, 11) is 0. The van der Waals surface area contributed by atoms with Gasteiger partial charge in [0.2, 0.25) is 5.95 Å². The molecule has 0 unspecified atom stereocenters. The quantitative estimate of drug-likeness (QED) is 0.793. The number of aromatic nitrogens is 3. The predicted octanol–water partition coefficient (Wildman–Crippen LogP) is 3.93. The highest BCUT2D eigenvalue weighted by molar-refractivity contribution is 5.68. The van der Waals surface area contributed by atoms with Gasteiger partial charge >= 0.3 is 0 Å². The molecule has 0 bridgehead atoms. The largest absolute Gasteiger partial charge is 0.324 e. The minimum atomic E-state index is 0.519. The van der Waals surface area contributed by atoms with Crippen LogP contribution in [0.2, 0.25) is 0 Å². The number of benzene rings is 2. The molecule has 1 N–H and O–H groups in total. The van der Waals surface area contributed by atoms with Gasteiger partial charge in [-0.25, -0.2) is 0 Å². The minimum Gasteiger partial charge on any atom is -0.324 e. The molecule has 3 aromatic rings. The normalized spacial score (nSPS) is 13.0. The number of aryl methyl sites for hydroxylation is 2. The van der Waals surface area contributed by atoms with E-state index in [1.807, 2.05) is 0 Å². The maximum Gasteiger partial charge on any atom is 0.249 e. The van der Waals surface area contributed by atoms with Crippen molar-refractivity contribution >= 4 is 23.1 Å². The fourth-order valence-corrected chi connectivity index (χ4v) is 3.05. The first-order chi connectivity index (χ1) is 11.7. The van der Waals surface area contributed by atoms with Crippen LogP contribution in [0.15, 0.2) is 48.7 Å². The van der Waals surface area contributed by atoms with Crippen molar-refractivity contribution in [3.8, 4) is 0 Å². The van der Waals surface area contributed by atoms with E-state index < -0.39 is 0 Å². The summed E-state index contributed by atoms with van der Waals surface area (Å²) in [5, 5.41) is 11.6. The Morgan fingerprint density at radius 2 is 1.96 bits per heavy atom. The molecule has 4 rings (SSSR count). The Hall–Kier alpha value is -2.95. The topological polar surface area (TPSA) is 53.9 Å². The van der Waals surface area contributed by atoms with Crippen LogP contribution in [-0.2, 0) is 6.42 Å². The molecule has 0 saturated carbocycles. The Labute approximate surface area is 141 Å². The summed E-state index contributed by atoms with van der Waals surface area (Å²) in [5.41, 5.74) is 5.91. The van der Waals surface area contributed by atoms with Gasteiger partial charge in [0, 0.05) is 17.9 Å². The second-order valence-corrected chi connectivity index (χ2v) is 6.11. The van der Waals surface area contributed by atoms with Crippen molar-refractivity contribution < 1.29 is 0 Å². The van der Waals surface area contributed by atoms with Crippen LogP contribution in [0, 0.1) is 13.8 Å². The van der Waals surface area contributed by atoms with E-state index in [1.54, 1.807) is 6.20 Å². The molecular weight excluding hydrogens is 298 g/mol. The maximum absolute atomic E-state index is 4.66. The van der Waals surface area contributed by atoms with E-state index in [0.717, 1.165) is 30.0 Å². The van der Waals surface area contributed by atoms with E-state index in [-0.39, 0.29) is 0 Å². The van der Waals surface area contributed by atoms with Gasteiger partial charge in [0.05, 0.1) is 6.20 Å². The molecule has 1 aromatic heterocycles. The van der Waals surface area contributed by atoms with Gasteiger partial charge in [-0.05, 0) is 49.1 Å². The summed E-state index contributed by atoms with van der Waals surface area (Å²) in [5.74, 6) is 1.34. The smallest absolute Gasteiger partial charge is 0.249 e. The van der Waals surface area contributed by atoms with Crippen molar-refractivity contribution in [1.82, 2.24) is 15.2 Å². The monoisotopic (exact) mass is 317 g/mol. The number of rotatable bonds is 3. The number of nitrogens with zero attached hydrogens (tertiary/aromatic N) is 4. The lowest BCUT2D eigenvalue weighted by molar-refractivity contribution is 0.919. The van der Waals surface area contributed by atoms with Crippen molar-refractivity contribution in [2.45, 2.75) is 20.3 Å². The van der Waals surface area contributed by atoms with Crippen molar-refractivity contribution in [3.05, 3.63) is 65.4 Å². The van der Waals surface area contributed by atoms with Crippen molar-refractivity contribution in [2.75, 3.05) is 16.8 Å². The summed E-state index contributed by atoms with van der Waals surface area (Å²) in [6, 6.07) is 14.7. The lowest BCUT2D eigenvalue weighted by atomic mass is 10.1. The van der Waals surface area contributed by atoms with Crippen LogP contribution in [-0.4, -0.2) is 21.7 Å². The van der Waals surface area contributed by atoms with E-state index in [1.165, 1.54) is 16.8 Å². The number of hydrogen-bond donors (Lipinski definition) is 1. The summed E-state index contributed by atoms with van der Waals surface area (Å²) < 4.78 is 0. The molecule has 5 nitrogen and oxygen atoms in total. The Morgan fingerprint density at radius 3 is 2.88 bits per heavy atom. The van der Waals surface area contributed by atoms with Gasteiger partial charge in [0.15, 0.2) is 5.82 Å². The fourth-order valence-electron chi connectivity index (χ4n) is 3.05. The molecule has 0 amide bonds. The average molecular weight is 317 g/mol. The first-order valence-corrected chi connectivity index (χ1v) is 8.10.